The molecule has 0 aliphatic heterocycles. The summed E-state index contributed by atoms with van der Waals surface area (Å²) in [5.41, 5.74) is 4.71. The summed E-state index contributed by atoms with van der Waals surface area (Å²) in [6.07, 6.45) is 1.87. The Bertz CT molecular complexity index is 1500. The van der Waals surface area contributed by atoms with Crippen LogP contribution in [-0.4, -0.2) is 25.6 Å². The van der Waals surface area contributed by atoms with Crippen LogP contribution in [0.2, 0.25) is 0 Å². The van der Waals surface area contributed by atoms with Gasteiger partial charge >= 0.3 is 0 Å². The van der Waals surface area contributed by atoms with Crippen molar-refractivity contribution in [3.05, 3.63) is 101 Å². The summed E-state index contributed by atoms with van der Waals surface area (Å²) in [5.74, 6) is 0.329. The topological polar surface area (TPSA) is 116 Å². The number of nitro groups is 1. The minimum atomic E-state index is -0.450. The maximum Gasteiger partial charge on any atom is 0.269 e. The fraction of sp³-hybridized carbons (Fsp3) is 0.0800. The van der Waals surface area contributed by atoms with Gasteiger partial charge in [0, 0.05) is 42.1 Å². The molecule has 2 heterocycles. The number of aromatic nitrogens is 3. The number of hydrogen-bond donors (Lipinski definition) is 1. The lowest BCUT2D eigenvalue weighted by Gasteiger charge is -2.05. The Balaban J connectivity index is 1.45. The molecular weight excluding hydrogens is 434 g/mol. The smallest absolute Gasteiger partial charge is 0.269 e. The highest BCUT2D eigenvalue weighted by molar-refractivity contribution is 5.94. The van der Waals surface area contributed by atoms with Gasteiger partial charge in [0.2, 0.25) is 5.91 Å². The molecule has 0 radical (unpaired) electrons. The number of amides is 1. The number of benzene rings is 3. The van der Waals surface area contributed by atoms with Crippen LogP contribution in [0, 0.1) is 17.0 Å². The molecule has 9 nitrogen and oxygen atoms in total. The third-order valence-corrected chi connectivity index (χ3v) is 5.29. The Morgan fingerprint density at radius 1 is 1.09 bits per heavy atom. The fourth-order valence-corrected chi connectivity index (χ4v) is 3.73. The van der Waals surface area contributed by atoms with Crippen molar-refractivity contribution in [1.82, 2.24) is 14.8 Å². The number of hydrogen-bond acceptors (Lipinski definition) is 6. The van der Waals surface area contributed by atoms with E-state index in [2.05, 4.69) is 15.4 Å². The second kappa shape index (κ2) is 8.62. The maximum atomic E-state index is 12.9. The molecule has 0 atom stereocenters. The molecule has 168 valence electrons. The molecule has 0 spiro atoms. The standard InChI is InChI=1S/C25H19N5O4/c1-16-26-22-14-19(9-12-23(22)34-16)27-24(31)13-18-15-29(20-5-3-2-4-6-20)28-25(18)17-7-10-21(11-8-17)30(32)33/h2-12,14-15H,13H2,1H3,(H,27,31). The van der Waals surface area contributed by atoms with Gasteiger partial charge in [0.1, 0.15) is 5.52 Å². The molecule has 1 N–H and O–H groups in total. The van der Waals surface area contributed by atoms with E-state index in [-0.39, 0.29) is 18.0 Å². The number of para-hydroxylation sites is 1. The molecule has 9 heteroatoms. The van der Waals surface area contributed by atoms with Gasteiger partial charge in [0.05, 0.1) is 22.7 Å². The van der Waals surface area contributed by atoms with Crippen molar-refractivity contribution >= 4 is 28.4 Å². The predicted octanol–water partition coefficient (Wildman–Crippen LogP) is 5.08. The number of fused-ring (bicyclic) bond motifs is 1. The average Bonchev–Trinajstić information content (AvgIpc) is 3.42. The van der Waals surface area contributed by atoms with Crippen LogP contribution < -0.4 is 5.32 Å². The molecule has 0 unspecified atom stereocenters. The van der Waals surface area contributed by atoms with E-state index in [9.17, 15) is 14.9 Å². The van der Waals surface area contributed by atoms with Gasteiger partial charge in [-0.1, -0.05) is 18.2 Å². The zero-order valence-corrected chi connectivity index (χ0v) is 18.1. The number of rotatable bonds is 6. The largest absolute Gasteiger partial charge is 0.441 e. The van der Waals surface area contributed by atoms with E-state index in [1.54, 1.807) is 48.1 Å². The molecule has 2 aromatic heterocycles. The Morgan fingerprint density at radius 2 is 1.85 bits per heavy atom. The zero-order valence-electron chi connectivity index (χ0n) is 18.1. The molecule has 0 bridgehead atoms. The highest BCUT2D eigenvalue weighted by Crippen LogP contribution is 2.27. The second-order valence-corrected chi connectivity index (χ2v) is 7.73. The molecule has 1 amide bonds. The van der Waals surface area contributed by atoms with Gasteiger partial charge in [-0.2, -0.15) is 5.10 Å². The maximum absolute atomic E-state index is 12.9. The highest BCUT2D eigenvalue weighted by Gasteiger charge is 2.17. The van der Waals surface area contributed by atoms with Crippen LogP contribution in [0.4, 0.5) is 11.4 Å². The first-order valence-electron chi connectivity index (χ1n) is 10.5. The first kappa shape index (κ1) is 21.1. The quantitative estimate of drug-likeness (QED) is 0.283. The van der Waals surface area contributed by atoms with Gasteiger partial charge < -0.3 is 9.73 Å². The molecule has 0 saturated carbocycles. The summed E-state index contributed by atoms with van der Waals surface area (Å²) < 4.78 is 7.18. The summed E-state index contributed by atoms with van der Waals surface area (Å²) in [4.78, 5) is 27.8. The first-order valence-corrected chi connectivity index (χ1v) is 10.5. The van der Waals surface area contributed by atoms with E-state index in [0.29, 0.717) is 39.5 Å². The van der Waals surface area contributed by atoms with Crippen LogP contribution >= 0.6 is 0 Å². The lowest BCUT2D eigenvalue weighted by Crippen LogP contribution is -2.14. The molecule has 0 aliphatic rings. The van der Waals surface area contributed by atoms with Gasteiger partial charge in [-0.15, -0.1) is 0 Å². The van der Waals surface area contributed by atoms with Gasteiger partial charge in [-0.25, -0.2) is 9.67 Å². The van der Waals surface area contributed by atoms with Crippen LogP contribution in [0.25, 0.3) is 28.0 Å². The molecule has 0 fully saturated rings. The number of nitrogens with zero attached hydrogens (tertiary/aromatic N) is 4. The van der Waals surface area contributed by atoms with E-state index in [4.69, 9.17) is 4.42 Å². The van der Waals surface area contributed by atoms with Crippen molar-refractivity contribution in [3.63, 3.8) is 0 Å². The monoisotopic (exact) mass is 453 g/mol. The van der Waals surface area contributed by atoms with Crippen molar-refractivity contribution < 1.29 is 14.1 Å². The number of carbonyl (C=O) groups is 1. The number of aryl methyl sites for hydroxylation is 1. The molecular formula is C25H19N5O4. The lowest BCUT2D eigenvalue weighted by atomic mass is 10.1. The summed E-state index contributed by atoms with van der Waals surface area (Å²) in [6.45, 7) is 1.77. The molecule has 3 aromatic carbocycles. The van der Waals surface area contributed by atoms with Crippen molar-refractivity contribution in [3.8, 4) is 16.9 Å². The molecule has 0 saturated heterocycles. The molecule has 0 aliphatic carbocycles. The molecule has 34 heavy (non-hydrogen) atoms. The van der Waals surface area contributed by atoms with Crippen molar-refractivity contribution in [2.75, 3.05) is 5.32 Å². The number of nitrogens with one attached hydrogen (secondary N) is 1. The van der Waals surface area contributed by atoms with Crippen LogP contribution in [-0.2, 0) is 11.2 Å². The summed E-state index contributed by atoms with van der Waals surface area (Å²) >= 11 is 0. The van der Waals surface area contributed by atoms with Gasteiger partial charge in [-0.05, 0) is 42.5 Å². The van der Waals surface area contributed by atoms with Crippen LogP contribution in [0.15, 0.2) is 83.4 Å². The SMILES string of the molecule is Cc1nc2cc(NC(=O)Cc3cn(-c4ccccc4)nc3-c3ccc([N+](=O)[O-])cc3)ccc2o1. The summed E-state index contributed by atoms with van der Waals surface area (Å²) in [7, 11) is 0. The van der Waals surface area contributed by atoms with Crippen molar-refractivity contribution in [2.45, 2.75) is 13.3 Å². The number of non-ortho nitro benzene ring substituents is 1. The zero-order chi connectivity index (χ0) is 23.7. The Morgan fingerprint density at radius 3 is 2.59 bits per heavy atom. The van der Waals surface area contributed by atoms with E-state index < -0.39 is 4.92 Å². The van der Waals surface area contributed by atoms with E-state index in [1.807, 2.05) is 30.3 Å². The van der Waals surface area contributed by atoms with Gasteiger partial charge in [-0.3, -0.25) is 14.9 Å². The number of nitro benzene ring substituents is 1. The van der Waals surface area contributed by atoms with Gasteiger partial charge in [0.15, 0.2) is 11.5 Å². The minimum Gasteiger partial charge on any atom is -0.441 e. The molecule has 5 aromatic rings. The van der Waals surface area contributed by atoms with Crippen LogP contribution in [0.3, 0.4) is 0 Å². The minimum absolute atomic E-state index is 0.0102. The Kier molecular flexibility index (Phi) is 5.35. The van der Waals surface area contributed by atoms with Crippen molar-refractivity contribution in [1.29, 1.82) is 0 Å². The van der Waals surface area contributed by atoms with E-state index in [1.165, 1.54) is 12.1 Å². The second-order valence-electron chi connectivity index (χ2n) is 7.73. The Hall–Kier alpha value is -4.79. The highest BCUT2D eigenvalue weighted by atomic mass is 16.6. The summed E-state index contributed by atoms with van der Waals surface area (Å²) in [5, 5.41) is 18.6. The number of oxazole rings is 1. The normalized spacial score (nSPS) is 11.0. The van der Waals surface area contributed by atoms with Crippen molar-refractivity contribution in [2.24, 2.45) is 0 Å². The van der Waals surface area contributed by atoms with E-state index >= 15 is 0 Å². The number of carbonyl (C=O) groups excluding carboxylic acids is 1. The van der Waals surface area contributed by atoms with Gasteiger partial charge in [0.25, 0.3) is 5.69 Å². The first-order chi connectivity index (χ1) is 16.5. The van der Waals surface area contributed by atoms with E-state index in [0.717, 1.165) is 5.69 Å². The fourth-order valence-electron chi connectivity index (χ4n) is 3.73. The van der Waals surface area contributed by atoms with Crippen LogP contribution in [0.5, 0.6) is 0 Å². The average molecular weight is 453 g/mol. The Labute approximate surface area is 193 Å². The third-order valence-electron chi connectivity index (χ3n) is 5.29. The number of anilines is 1. The molecule has 5 rings (SSSR count). The lowest BCUT2D eigenvalue weighted by molar-refractivity contribution is -0.384. The third kappa shape index (κ3) is 4.26. The summed E-state index contributed by atoms with van der Waals surface area (Å²) in [6, 6.07) is 20.9. The van der Waals surface area contributed by atoms with Crippen LogP contribution in [0.1, 0.15) is 11.5 Å². The predicted molar refractivity (Wildman–Crippen MR) is 127 cm³/mol.